The summed E-state index contributed by atoms with van der Waals surface area (Å²) in [6.45, 7) is 1.76. The zero-order chi connectivity index (χ0) is 13.1. The number of ketones is 1. The number of benzene rings is 1. The van der Waals surface area contributed by atoms with Crippen LogP contribution in [-0.4, -0.2) is 21.7 Å². The summed E-state index contributed by atoms with van der Waals surface area (Å²) < 4.78 is 0. The van der Waals surface area contributed by atoms with Gasteiger partial charge in [-0.3, -0.25) is 14.9 Å². The summed E-state index contributed by atoms with van der Waals surface area (Å²) in [6.07, 6.45) is 2.99. The SMILES string of the molecule is Cc1cccc([N+](=O)[O-])c1C(=O)C1CCCCS1. The average Bonchev–Trinajstić information content (AvgIpc) is 2.38. The van der Waals surface area contributed by atoms with Gasteiger partial charge in [0, 0.05) is 6.07 Å². The molecule has 0 spiro atoms. The monoisotopic (exact) mass is 265 g/mol. The third kappa shape index (κ3) is 2.56. The molecule has 1 heterocycles. The van der Waals surface area contributed by atoms with Crippen LogP contribution in [-0.2, 0) is 0 Å². The molecule has 1 fully saturated rings. The fourth-order valence-electron chi connectivity index (χ4n) is 2.23. The van der Waals surface area contributed by atoms with Gasteiger partial charge in [-0.05, 0) is 31.1 Å². The molecule has 0 amide bonds. The maximum absolute atomic E-state index is 12.4. The molecule has 1 aromatic rings. The van der Waals surface area contributed by atoms with Crippen LogP contribution in [0.4, 0.5) is 5.69 Å². The summed E-state index contributed by atoms with van der Waals surface area (Å²) in [5, 5.41) is 10.9. The number of aryl methyl sites for hydroxylation is 1. The number of nitrogens with zero attached hydrogens (tertiary/aromatic N) is 1. The fraction of sp³-hybridized carbons (Fsp3) is 0.462. The molecule has 1 aliphatic rings. The number of nitro groups is 1. The van der Waals surface area contributed by atoms with Crippen molar-refractivity contribution in [3.05, 3.63) is 39.4 Å². The second-order valence-electron chi connectivity index (χ2n) is 4.45. The molecule has 0 saturated carbocycles. The zero-order valence-electron chi connectivity index (χ0n) is 10.2. The molecular formula is C13H15NO3S. The van der Waals surface area contributed by atoms with Gasteiger partial charge < -0.3 is 0 Å². The predicted molar refractivity (Wildman–Crippen MR) is 72.3 cm³/mol. The topological polar surface area (TPSA) is 60.2 Å². The molecule has 0 aromatic heterocycles. The van der Waals surface area contributed by atoms with E-state index in [0.717, 1.165) is 25.0 Å². The highest BCUT2D eigenvalue weighted by atomic mass is 32.2. The van der Waals surface area contributed by atoms with E-state index in [1.54, 1.807) is 30.8 Å². The van der Waals surface area contributed by atoms with Crippen molar-refractivity contribution in [3.8, 4) is 0 Å². The van der Waals surface area contributed by atoms with Gasteiger partial charge >= 0.3 is 0 Å². The largest absolute Gasteiger partial charge is 0.293 e. The minimum atomic E-state index is -0.465. The molecule has 1 unspecified atom stereocenters. The van der Waals surface area contributed by atoms with Crippen LogP contribution in [0.25, 0.3) is 0 Å². The van der Waals surface area contributed by atoms with E-state index in [1.165, 1.54) is 6.07 Å². The number of nitro benzene ring substituents is 1. The normalized spacial score (nSPS) is 19.5. The Balaban J connectivity index is 2.36. The van der Waals surface area contributed by atoms with Gasteiger partial charge in [0.05, 0.1) is 15.7 Å². The first-order valence-corrected chi connectivity index (χ1v) is 7.06. The Hall–Kier alpha value is -1.36. The third-order valence-corrected chi connectivity index (χ3v) is 4.54. The second-order valence-corrected chi connectivity index (χ2v) is 5.76. The molecule has 2 rings (SSSR count). The number of hydrogen-bond acceptors (Lipinski definition) is 4. The molecule has 0 N–H and O–H groups in total. The summed E-state index contributed by atoms with van der Waals surface area (Å²) in [5.41, 5.74) is 0.924. The fourth-order valence-corrected chi connectivity index (χ4v) is 3.49. The van der Waals surface area contributed by atoms with E-state index >= 15 is 0 Å². The van der Waals surface area contributed by atoms with Crippen LogP contribution < -0.4 is 0 Å². The molecule has 18 heavy (non-hydrogen) atoms. The summed E-state index contributed by atoms with van der Waals surface area (Å²) >= 11 is 1.62. The second kappa shape index (κ2) is 5.52. The molecule has 0 radical (unpaired) electrons. The van der Waals surface area contributed by atoms with Gasteiger partial charge in [0.25, 0.3) is 5.69 Å². The van der Waals surface area contributed by atoms with E-state index in [1.807, 2.05) is 0 Å². The van der Waals surface area contributed by atoms with E-state index in [-0.39, 0.29) is 16.7 Å². The molecule has 4 nitrogen and oxygen atoms in total. The Labute approximate surface area is 110 Å². The third-order valence-electron chi connectivity index (χ3n) is 3.17. The molecule has 0 bridgehead atoms. The number of carbonyl (C=O) groups excluding carboxylic acids is 1. The quantitative estimate of drug-likeness (QED) is 0.477. The number of carbonyl (C=O) groups is 1. The van der Waals surface area contributed by atoms with Gasteiger partial charge in [0.15, 0.2) is 5.78 Å². The lowest BCUT2D eigenvalue weighted by molar-refractivity contribution is -0.385. The van der Waals surface area contributed by atoms with E-state index in [4.69, 9.17) is 0 Å². The lowest BCUT2D eigenvalue weighted by atomic mass is 9.98. The van der Waals surface area contributed by atoms with Crippen LogP contribution in [0.2, 0.25) is 0 Å². The van der Waals surface area contributed by atoms with Gasteiger partial charge in [0.1, 0.15) is 0 Å². The summed E-state index contributed by atoms with van der Waals surface area (Å²) in [4.78, 5) is 23.0. The van der Waals surface area contributed by atoms with Gasteiger partial charge in [-0.1, -0.05) is 18.6 Å². The number of thioether (sulfide) groups is 1. The molecule has 5 heteroatoms. The first kappa shape index (κ1) is 13.1. The highest BCUT2D eigenvalue weighted by molar-refractivity contribution is 8.00. The molecule has 96 valence electrons. The van der Waals surface area contributed by atoms with E-state index < -0.39 is 4.92 Å². The van der Waals surface area contributed by atoms with Gasteiger partial charge in [-0.25, -0.2) is 0 Å². The smallest absolute Gasteiger partial charge is 0.280 e. The van der Waals surface area contributed by atoms with Crippen molar-refractivity contribution in [3.63, 3.8) is 0 Å². The van der Waals surface area contributed by atoms with Crippen LogP contribution in [0.5, 0.6) is 0 Å². The van der Waals surface area contributed by atoms with Gasteiger partial charge in [0.2, 0.25) is 0 Å². The summed E-state index contributed by atoms with van der Waals surface area (Å²) in [7, 11) is 0. The Kier molecular flexibility index (Phi) is 4.01. The summed E-state index contributed by atoms with van der Waals surface area (Å²) in [5.74, 6) is 0.889. The Morgan fingerprint density at radius 2 is 2.22 bits per heavy atom. The molecule has 1 aliphatic heterocycles. The minimum absolute atomic E-state index is 0.0637. The van der Waals surface area contributed by atoms with E-state index in [2.05, 4.69) is 0 Å². The Morgan fingerprint density at radius 3 is 2.83 bits per heavy atom. The first-order valence-electron chi connectivity index (χ1n) is 6.01. The van der Waals surface area contributed by atoms with Crippen LogP contribution in [0.3, 0.4) is 0 Å². The van der Waals surface area contributed by atoms with E-state index in [0.29, 0.717) is 11.1 Å². The first-order chi connectivity index (χ1) is 8.61. The van der Waals surface area contributed by atoms with Crippen LogP contribution in [0.15, 0.2) is 18.2 Å². The average molecular weight is 265 g/mol. The van der Waals surface area contributed by atoms with E-state index in [9.17, 15) is 14.9 Å². The molecule has 1 aromatic carbocycles. The van der Waals surface area contributed by atoms with Gasteiger partial charge in [-0.2, -0.15) is 11.8 Å². The standard InChI is InChI=1S/C13H15NO3S/c1-9-5-4-6-10(14(16)17)12(9)13(15)11-7-2-3-8-18-11/h4-6,11H,2-3,7-8H2,1H3. The lowest BCUT2D eigenvalue weighted by Crippen LogP contribution is -2.22. The van der Waals surface area contributed by atoms with Crippen molar-refractivity contribution in [1.29, 1.82) is 0 Å². The Morgan fingerprint density at radius 1 is 1.44 bits per heavy atom. The molecular weight excluding hydrogens is 250 g/mol. The van der Waals surface area contributed by atoms with Crippen molar-refractivity contribution in [2.45, 2.75) is 31.4 Å². The maximum atomic E-state index is 12.4. The van der Waals surface area contributed by atoms with Crippen LogP contribution in [0, 0.1) is 17.0 Å². The highest BCUT2D eigenvalue weighted by Gasteiger charge is 2.29. The van der Waals surface area contributed by atoms with Crippen LogP contribution in [0.1, 0.15) is 35.2 Å². The minimum Gasteiger partial charge on any atom is -0.293 e. The van der Waals surface area contributed by atoms with Crippen molar-refractivity contribution >= 4 is 23.2 Å². The van der Waals surface area contributed by atoms with Gasteiger partial charge in [-0.15, -0.1) is 0 Å². The Bertz CT molecular complexity index is 481. The van der Waals surface area contributed by atoms with Crippen molar-refractivity contribution in [1.82, 2.24) is 0 Å². The number of hydrogen-bond donors (Lipinski definition) is 0. The molecule has 1 atom stereocenters. The van der Waals surface area contributed by atoms with Crippen LogP contribution >= 0.6 is 11.8 Å². The number of Topliss-reactive ketones (excluding diaryl/α,β-unsaturated/α-hetero) is 1. The summed E-state index contributed by atoms with van der Waals surface area (Å²) in [6, 6.07) is 4.79. The van der Waals surface area contributed by atoms with Crippen molar-refractivity contribution in [2.24, 2.45) is 0 Å². The highest BCUT2D eigenvalue weighted by Crippen LogP contribution is 2.32. The van der Waals surface area contributed by atoms with Crippen molar-refractivity contribution < 1.29 is 9.72 Å². The number of rotatable bonds is 3. The molecule has 1 saturated heterocycles. The van der Waals surface area contributed by atoms with Crippen molar-refractivity contribution in [2.75, 3.05) is 5.75 Å². The maximum Gasteiger partial charge on any atom is 0.280 e. The lowest BCUT2D eigenvalue weighted by Gasteiger charge is -2.20. The zero-order valence-corrected chi connectivity index (χ0v) is 11.0. The predicted octanol–water partition coefficient (Wildman–Crippen LogP) is 3.37. The molecule has 0 aliphatic carbocycles.